The highest BCUT2D eigenvalue weighted by atomic mass is 35.5. The molecule has 25 heavy (non-hydrogen) atoms. The summed E-state index contributed by atoms with van der Waals surface area (Å²) in [5, 5.41) is 4.72. The van der Waals surface area contributed by atoms with Crippen LogP contribution in [0.15, 0.2) is 54.9 Å². The summed E-state index contributed by atoms with van der Waals surface area (Å²) in [4.78, 5) is 8.50. The molecular formula is C17H9ClF2N4O. The van der Waals surface area contributed by atoms with Crippen molar-refractivity contribution < 1.29 is 13.5 Å². The van der Waals surface area contributed by atoms with E-state index in [0.717, 1.165) is 12.1 Å². The van der Waals surface area contributed by atoms with Gasteiger partial charge in [-0.05, 0) is 24.3 Å². The molecule has 0 bridgehead atoms. The summed E-state index contributed by atoms with van der Waals surface area (Å²) in [6.07, 6.45) is 2.87. The number of para-hydroxylation sites is 1. The van der Waals surface area contributed by atoms with E-state index in [-0.39, 0.29) is 11.6 Å². The molecule has 0 amide bonds. The van der Waals surface area contributed by atoms with E-state index in [2.05, 4.69) is 15.1 Å². The summed E-state index contributed by atoms with van der Waals surface area (Å²) >= 11 is 6.20. The summed E-state index contributed by atoms with van der Waals surface area (Å²) in [5.41, 5.74) is 1.54. The molecule has 2 aromatic carbocycles. The zero-order valence-electron chi connectivity index (χ0n) is 12.5. The van der Waals surface area contributed by atoms with Gasteiger partial charge in [-0.1, -0.05) is 23.7 Å². The minimum absolute atomic E-state index is 0.0480. The molecule has 8 heteroatoms. The lowest BCUT2D eigenvalue weighted by molar-refractivity contribution is 0.423. The van der Waals surface area contributed by atoms with Crippen molar-refractivity contribution in [2.75, 3.05) is 0 Å². The van der Waals surface area contributed by atoms with Crippen LogP contribution in [-0.2, 0) is 0 Å². The largest absolute Gasteiger partial charge is 0.434 e. The number of fused-ring (bicyclic) bond motifs is 1. The molecule has 0 aliphatic heterocycles. The van der Waals surface area contributed by atoms with E-state index in [4.69, 9.17) is 16.3 Å². The van der Waals surface area contributed by atoms with Gasteiger partial charge in [0.2, 0.25) is 5.88 Å². The molecule has 0 atom stereocenters. The first-order chi connectivity index (χ1) is 12.1. The highest BCUT2D eigenvalue weighted by Gasteiger charge is 2.13. The van der Waals surface area contributed by atoms with Crippen LogP contribution >= 0.6 is 11.6 Å². The SMILES string of the molecule is Fc1ccc(Oc2cnc3cnn(-c4ccccc4Cl)c3n2)c(F)c1. The van der Waals surface area contributed by atoms with E-state index in [1.54, 1.807) is 18.2 Å². The summed E-state index contributed by atoms with van der Waals surface area (Å²) in [5.74, 6) is -1.63. The van der Waals surface area contributed by atoms with Gasteiger partial charge in [-0.3, -0.25) is 0 Å². The van der Waals surface area contributed by atoms with Gasteiger partial charge < -0.3 is 4.74 Å². The number of halogens is 3. The van der Waals surface area contributed by atoms with Crippen molar-refractivity contribution >= 4 is 22.8 Å². The molecule has 2 aromatic heterocycles. The minimum atomic E-state index is -0.832. The quantitative estimate of drug-likeness (QED) is 0.539. The number of ether oxygens (including phenoxy) is 1. The molecule has 0 N–H and O–H groups in total. The lowest BCUT2D eigenvalue weighted by Crippen LogP contribution is -2.00. The summed E-state index contributed by atoms with van der Waals surface area (Å²) < 4.78 is 33.6. The predicted octanol–water partition coefficient (Wildman–Crippen LogP) is 4.54. The summed E-state index contributed by atoms with van der Waals surface area (Å²) in [7, 11) is 0. The first-order valence-corrected chi connectivity index (χ1v) is 7.58. The Labute approximate surface area is 145 Å². The van der Waals surface area contributed by atoms with Crippen molar-refractivity contribution in [1.29, 1.82) is 0 Å². The van der Waals surface area contributed by atoms with Crippen LogP contribution in [0, 0.1) is 11.6 Å². The molecular weight excluding hydrogens is 350 g/mol. The fourth-order valence-electron chi connectivity index (χ4n) is 2.31. The fraction of sp³-hybridized carbons (Fsp3) is 0. The number of hydrogen-bond donors (Lipinski definition) is 0. The third-order valence-electron chi connectivity index (χ3n) is 3.44. The van der Waals surface area contributed by atoms with Crippen LogP contribution in [0.1, 0.15) is 0 Å². The zero-order valence-corrected chi connectivity index (χ0v) is 13.3. The van der Waals surface area contributed by atoms with Crippen LogP contribution in [0.5, 0.6) is 11.6 Å². The average molecular weight is 359 g/mol. The molecule has 2 heterocycles. The molecule has 0 saturated carbocycles. The van der Waals surface area contributed by atoms with Gasteiger partial charge in [0.05, 0.1) is 23.1 Å². The molecule has 0 aliphatic carbocycles. The maximum absolute atomic E-state index is 13.7. The number of aromatic nitrogens is 4. The Morgan fingerprint density at radius 3 is 2.68 bits per heavy atom. The van der Waals surface area contributed by atoms with Crippen LogP contribution in [-0.4, -0.2) is 19.7 Å². The second-order valence-electron chi connectivity index (χ2n) is 5.10. The Bertz CT molecular complexity index is 1080. The molecule has 124 valence electrons. The molecule has 0 radical (unpaired) electrons. The van der Waals surface area contributed by atoms with Crippen molar-refractivity contribution in [2.24, 2.45) is 0 Å². The second-order valence-corrected chi connectivity index (χ2v) is 5.51. The van der Waals surface area contributed by atoms with E-state index in [9.17, 15) is 8.78 Å². The number of rotatable bonds is 3. The van der Waals surface area contributed by atoms with Gasteiger partial charge in [0, 0.05) is 6.07 Å². The van der Waals surface area contributed by atoms with E-state index < -0.39 is 11.6 Å². The first kappa shape index (κ1) is 15.5. The molecule has 5 nitrogen and oxygen atoms in total. The van der Waals surface area contributed by atoms with Crippen LogP contribution in [0.25, 0.3) is 16.9 Å². The Morgan fingerprint density at radius 1 is 1.04 bits per heavy atom. The molecule has 0 saturated heterocycles. The van der Waals surface area contributed by atoms with Gasteiger partial charge in [-0.15, -0.1) is 0 Å². The monoisotopic (exact) mass is 358 g/mol. The molecule has 0 unspecified atom stereocenters. The minimum Gasteiger partial charge on any atom is -0.434 e. The molecule has 4 rings (SSSR count). The second kappa shape index (κ2) is 6.10. The van der Waals surface area contributed by atoms with Crippen LogP contribution in [0.3, 0.4) is 0 Å². The van der Waals surface area contributed by atoms with Gasteiger partial charge in [0.15, 0.2) is 17.2 Å². The lowest BCUT2D eigenvalue weighted by Gasteiger charge is -2.07. The molecule has 0 aliphatic rings. The Kier molecular flexibility index (Phi) is 3.77. The van der Waals surface area contributed by atoms with Crippen molar-refractivity contribution in [3.05, 3.63) is 71.5 Å². The first-order valence-electron chi connectivity index (χ1n) is 7.20. The van der Waals surface area contributed by atoms with Gasteiger partial charge in [-0.2, -0.15) is 10.1 Å². The van der Waals surface area contributed by atoms with E-state index in [1.807, 2.05) is 6.07 Å². The van der Waals surface area contributed by atoms with Crippen LogP contribution < -0.4 is 4.74 Å². The molecule has 0 fully saturated rings. The van der Waals surface area contributed by atoms with Crippen molar-refractivity contribution in [1.82, 2.24) is 19.7 Å². The van der Waals surface area contributed by atoms with E-state index in [1.165, 1.54) is 23.1 Å². The standard InChI is InChI=1S/C17H9ClF2N4O/c18-11-3-1-2-4-14(11)24-17-13(8-22-24)21-9-16(23-17)25-15-6-5-10(19)7-12(15)20/h1-9H. The van der Waals surface area contributed by atoms with Gasteiger partial charge in [-0.25, -0.2) is 18.4 Å². The average Bonchev–Trinajstić information content (AvgIpc) is 3.01. The summed E-state index contributed by atoms with van der Waals surface area (Å²) in [6, 6.07) is 10.1. The van der Waals surface area contributed by atoms with Crippen molar-refractivity contribution in [3.8, 4) is 17.3 Å². The highest BCUT2D eigenvalue weighted by Crippen LogP contribution is 2.26. The Morgan fingerprint density at radius 2 is 1.88 bits per heavy atom. The zero-order chi connectivity index (χ0) is 17.4. The topological polar surface area (TPSA) is 52.8 Å². The lowest BCUT2D eigenvalue weighted by atomic mass is 10.3. The van der Waals surface area contributed by atoms with E-state index in [0.29, 0.717) is 21.9 Å². The molecule has 0 spiro atoms. The maximum Gasteiger partial charge on any atom is 0.240 e. The third kappa shape index (κ3) is 2.89. The van der Waals surface area contributed by atoms with Crippen LogP contribution in [0.4, 0.5) is 8.78 Å². The van der Waals surface area contributed by atoms with E-state index >= 15 is 0 Å². The summed E-state index contributed by atoms with van der Waals surface area (Å²) in [6.45, 7) is 0. The normalized spacial score (nSPS) is 11.0. The van der Waals surface area contributed by atoms with Gasteiger partial charge in [0.1, 0.15) is 11.3 Å². The number of nitrogens with zero attached hydrogens (tertiary/aromatic N) is 4. The maximum atomic E-state index is 13.7. The fourth-order valence-corrected chi connectivity index (χ4v) is 2.52. The van der Waals surface area contributed by atoms with Gasteiger partial charge >= 0.3 is 0 Å². The smallest absolute Gasteiger partial charge is 0.240 e. The molecule has 4 aromatic rings. The number of benzene rings is 2. The predicted molar refractivity (Wildman–Crippen MR) is 88.1 cm³/mol. The van der Waals surface area contributed by atoms with Gasteiger partial charge in [0.25, 0.3) is 0 Å². The number of hydrogen-bond acceptors (Lipinski definition) is 4. The van der Waals surface area contributed by atoms with Crippen LogP contribution in [0.2, 0.25) is 5.02 Å². The van der Waals surface area contributed by atoms with Crippen molar-refractivity contribution in [3.63, 3.8) is 0 Å². The highest BCUT2D eigenvalue weighted by molar-refractivity contribution is 6.32. The Balaban J connectivity index is 1.77. The third-order valence-corrected chi connectivity index (χ3v) is 3.76. The Hall–Kier alpha value is -3.06. The van der Waals surface area contributed by atoms with Crippen molar-refractivity contribution in [2.45, 2.75) is 0 Å².